The van der Waals surface area contributed by atoms with Crippen LogP contribution in [0.1, 0.15) is 30.9 Å². The van der Waals surface area contributed by atoms with E-state index >= 15 is 0 Å². The molecule has 0 atom stereocenters. The highest BCUT2D eigenvalue weighted by Crippen LogP contribution is 2.31. The predicted octanol–water partition coefficient (Wildman–Crippen LogP) is 4.90. The lowest BCUT2D eigenvalue weighted by atomic mass is 9.91. The summed E-state index contributed by atoms with van der Waals surface area (Å²) in [4.78, 5) is 29.3. The molecule has 1 aromatic carbocycles. The number of aromatic nitrogens is 3. The van der Waals surface area contributed by atoms with Gasteiger partial charge in [-0.05, 0) is 54.8 Å². The molecule has 8 nitrogen and oxygen atoms in total. The van der Waals surface area contributed by atoms with Gasteiger partial charge < -0.3 is 20.2 Å². The first kappa shape index (κ1) is 27.7. The Bertz CT molecular complexity index is 1390. The van der Waals surface area contributed by atoms with Crippen molar-refractivity contribution in [2.24, 2.45) is 0 Å². The van der Waals surface area contributed by atoms with Gasteiger partial charge in [0.1, 0.15) is 5.82 Å². The van der Waals surface area contributed by atoms with Crippen molar-refractivity contribution < 1.29 is 9.90 Å². The Morgan fingerprint density at radius 2 is 1.95 bits per heavy atom. The summed E-state index contributed by atoms with van der Waals surface area (Å²) in [5.74, 6) is 1.21. The van der Waals surface area contributed by atoms with Crippen LogP contribution in [0.3, 0.4) is 0 Å². The minimum atomic E-state index is -0.945. The maximum absolute atomic E-state index is 11.7. The van der Waals surface area contributed by atoms with Crippen molar-refractivity contribution in [1.82, 2.24) is 24.8 Å². The molecular weight excluding hydrogens is 488 g/mol. The van der Waals surface area contributed by atoms with E-state index in [0.29, 0.717) is 44.1 Å². The van der Waals surface area contributed by atoms with Crippen molar-refractivity contribution >= 4 is 17.3 Å². The molecule has 4 rings (SSSR count). The van der Waals surface area contributed by atoms with Crippen LogP contribution < -0.4 is 5.32 Å². The van der Waals surface area contributed by atoms with Gasteiger partial charge in [-0.3, -0.25) is 9.78 Å². The number of amides is 1. The van der Waals surface area contributed by atoms with Gasteiger partial charge in [0.25, 0.3) is 0 Å². The fourth-order valence-electron chi connectivity index (χ4n) is 4.59. The van der Waals surface area contributed by atoms with E-state index in [4.69, 9.17) is 9.97 Å². The third-order valence-electron chi connectivity index (χ3n) is 7.00. The lowest BCUT2D eigenvalue weighted by Crippen LogP contribution is -2.49. The standard InChI is InChI=1S/C31H36N6O2/c1-6-24(20-36(5)7-2)25-9-8-10-26(16-25)29-33-19-28(27-15-22(3)17-32-18-27)30(35-29)34-21-31(39)11-13-37(14-12-31)23(4)38/h6-10,15-20,39H,1-2,11-14,21H2,3-5H3,(H,33,34,35)/b24-20+. The highest BCUT2D eigenvalue weighted by Gasteiger charge is 2.33. The van der Waals surface area contributed by atoms with Crippen LogP contribution >= 0.6 is 0 Å². The molecule has 0 bridgehead atoms. The fraction of sp³-hybridized carbons (Fsp3) is 0.290. The zero-order chi connectivity index (χ0) is 28.0. The summed E-state index contributed by atoms with van der Waals surface area (Å²) < 4.78 is 0. The molecule has 0 aliphatic carbocycles. The zero-order valence-corrected chi connectivity index (χ0v) is 22.9. The number of aryl methyl sites for hydroxylation is 1. The molecule has 1 amide bonds. The van der Waals surface area contributed by atoms with Gasteiger partial charge in [0, 0.05) is 75.1 Å². The molecule has 1 aliphatic heterocycles. The van der Waals surface area contributed by atoms with Gasteiger partial charge in [-0.2, -0.15) is 0 Å². The van der Waals surface area contributed by atoms with Gasteiger partial charge in [-0.25, -0.2) is 9.97 Å². The van der Waals surface area contributed by atoms with E-state index < -0.39 is 5.60 Å². The molecule has 2 aromatic heterocycles. The van der Waals surface area contributed by atoms with Gasteiger partial charge in [0.15, 0.2) is 5.82 Å². The Morgan fingerprint density at radius 1 is 1.18 bits per heavy atom. The second-order valence-electron chi connectivity index (χ2n) is 10.0. The zero-order valence-electron chi connectivity index (χ0n) is 22.9. The minimum Gasteiger partial charge on any atom is -0.388 e. The summed E-state index contributed by atoms with van der Waals surface area (Å²) in [6.45, 7) is 12.7. The number of piperidine rings is 1. The number of nitrogens with zero attached hydrogens (tertiary/aromatic N) is 5. The van der Waals surface area contributed by atoms with E-state index in [1.165, 1.54) is 0 Å². The molecular formula is C31H36N6O2. The molecule has 0 spiro atoms. The van der Waals surface area contributed by atoms with Gasteiger partial charge in [-0.15, -0.1) is 0 Å². The van der Waals surface area contributed by atoms with Crippen molar-refractivity contribution in [3.63, 3.8) is 0 Å². The fourth-order valence-corrected chi connectivity index (χ4v) is 4.59. The molecule has 0 unspecified atom stereocenters. The number of carbonyl (C=O) groups is 1. The largest absolute Gasteiger partial charge is 0.388 e. The number of nitrogens with one attached hydrogen (secondary N) is 1. The maximum atomic E-state index is 11.7. The molecule has 0 saturated carbocycles. The molecule has 1 saturated heterocycles. The Hall–Kier alpha value is -4.30. The van der Waals surface area contributed by atoms with Crippen molar-refractivity contribution in [2.45, 2.75) is 32.3 Å². The van der Waals surface area contributed by atoms with Crippen molar-refractivity contribution in [2.75, 3.05) is 32.0 Å². The molecule has 0 radical (unpaired) electrons. The number of benzene rings is 1. The third-order valence-corrected chi connectivity index (χ3v) is 7.00. The summed E-state index contributed by atoms with van der Waals surface area (Å²) in [7, 11) is 1.91. The Balaban J connectivity index is 1.67. The number of anilines is 1. The number of rotatable bonds is 9. The second kappa shape index (κ2) is 12.0. The van der Waals surface area contributed by atoms with Crippen molar-refractivity contribution in [1.29, 1.82) is 0 Å². The third kappa shape index (κ3) is 6.78. The van der Waals surface area contributed by atoms with Crippen LogP contribution in [0.25, 0.3) is 28.1 Å². The van der Waals surface area contributed by atoms with Crippen LogP contribution in [0, 0.1) is 6.92 Å². The van der Waals surface area contributed by atoms with Crippen LogP contribution in [-0.4, -0.2) is 68.0 Å². The average Bonchev–Trinajstić information content (AvgIpc) is 2.95. The van der Waals surface area contributed by atoms with E-state index in [2.05, 4.69) is 23.5 Å². The number of allylic oxidation sites excluding steroid dienone is 2. The molecule has 39 heavy (non-hydrogen) atoms. The number of carbonyl (C=O) groups excluding carboxylic acids is 1. The summed E-state index contributed by atoms with van der Waals surface area (Å²) in [6.07, 6.45) is 11.9. The molecule has 2 N–H and O–H groups in total. The topological polar surface area (TPSA) is 94.5 Å². The monoisotopic (exact) mass is 524 g/mol. The Kier molecular flexibility index (Phi) is 8.56. The molecule has 1 aliphatic rings. The van der Waals surface area contributed by atoms with Crippen molar-refractivity contribution in [3.8, 4) is 22.5 Å². The molecule has 1 fully saturated rings. The minimum absolute atomic E-state index is 0.0347. The highest BCUT2D eigenvalue weighted by atomic mass is 16.3. The first-order chi connectivity index (χ1) is 18.7. The van der Waals surface area contributed by atoms with E-state index in [9.17, 15) is 9.90 Å². The van der Waals surface area contributed by atoms with Crippen LogP contribution in [0.2, 0.25) is 0 Å². The average molecular weight is 525 g/mol. The normalized spacial score (nSPS) is 15.0. The smallest absolute Gasteiger partial charge is 0.219 e. The van der Waals surface area contributed by atoms with Gasteiger partial charge in [0.05, 0.1) is 5.60 Å². The number of aliphatic hydroxyl groups is 1. The van der Waals surface area contributed by atoms with E-state index in [1.54, 1.807) is 42.7 Å². The van der Waals surface area contributed by atoms with Crippen LogP contribution in [0.15, 0.2) is 80.6 Å². The van der Waals surface area contributed by atoms with E-state index in [1.807, 2.05) is 55.4 Å². The Labute approximate surface area is 230 Å². The predicted molar refractivity (Wildman–Crippen MR) is 156 cm³/mol. The highest BCUT2D eigenvalue weighted by molar-refractivity contribution is 5.79. The van der Waals surface area contributed by atoms with Crippen LogP contribution in [0.4, 0.5) is 5.82 Å². The Morgan fingerprint density at radius 3 is 2.62 bits per heavy atom. The summed E-state index contributed by atoms with van der Waals surface area (Å²) >= 11 is 0. The van der Waals surface area contributed by atoms with Crippen LogP contribution in [-0.2, 0) is 4.79 Å². The summed E-state index contributed by atoms with van der Waals surface area (Å²) in [6, 6.07) is 10.0. The quantitative estimate of drug-likeness (QED) is 0.385. The van der Waals surface area contributed by atoms with Gasteiger partial charge in [-0.1, -0.05) is 37.4 Å². The SMILES string of the molecule is C=C/C(=C\N(C)C=C)c1cccc(-c2ncc(-c3cncc(C)c3)c(NCC3(O)CCN(C(C)=O)CC3)n2)c1. The second-order valence-corrected chi connectivity index (χ2v) is 10.0. The van der Waals surface area contributed by atoms with Gasteiger partial charge >= 0.3 is 0 Å². The van der Waals surface area contributed by atoms with E-state index in [-0.39, 0.29) is 5.91 Å². The number of likely N-dealkylation sites (tertiary alicyclic amines) is 1. The maximum Gasteiger partial charge on any atom is 0.219 e. The molecule has 3 heterocycles. The van der Waals surface area contributed by atoms with Crippen molar-refractivity contribution in [3.05, 3.63) is 91.7 Å². The van der Waals surface area contributed by atoms with Crippen LogP contribution in [0.5, 0.6) is 0 Å². The summed E-state index contributed by atoms with van der Waals surface area (Å²) in [5, 5.41) is 14.7. The summed E-state index contributed by atoms with van der Waals surface area (Å²) in [5.41, 5.74) is 4.55. The molecule has 8 heteroatoms. The lowest BCUT2D eigenvalue weighted by molar-refractivity contribution is -0.132. The molecule has 3 aromatic rings. The number of hydrogen-bond acceptors (Lipinski definition) is 7. The lowest BCUT2D eigenvalue weighted by Gasteiger charge is -2.38. The van der Waals surface area contributed by atoms with Gasteiger partial charge in [0.2, 0.25) is 5.91 Å². The first-order valence-corrected chi connectivity index (χ1v) is 13.0. The number of hydrogen-bond donors (Lipinski definition) is 2. The first-order valence-electron chi connectivity index (χ1n) is 13.0. The molecule has 202 valence electrons. The van der Waals surface area contributed by atoms with E-state index in [0.717, 1.165) is 33.4 Å². The number of pyridine rings is 1.